The molecule has 1 aromatic carbocycles. The molecule has 0 aliphatic rings. The van der Waals surface area contributed by atoms with Crippen LogP contribution < -0.4 is 0 Å². The van der Waals surface area contributed by atoms with Gasteiger partial charge in [-0.1, -0.05) is 6.92 Å². The highest BCUT2D eigenvalue weighted by atomic mass is 32.1. The van der Waals surface area contributed by atoms with Gasteiger partial charge in [0.25, 0.3) is 0 Å². The quantitative estimate of drug-likeness (QED) is 0.562. The lowest BCUT2D eigenvalue weighted by Gasteiger charge is -2.19. The first-order chi connectivity index (χ1) is 7.59. The van der Waals surface area contributed by atoms with E-state index in [0.29, 0.717) is 12.1 Å². The standard InChI is InChI=1S/C10H8F6S/c1-2-5-6(9(11,12)13)3-4-7(17)8(5)10(14,15)16/h3-4,17H,2H2,1H3. The first kappa shape index (κ1) is 14.2. The lowest BCUT2D eigenvalue weighted by Crippen LogP contribution is -2.17. The molecule has 0 aromatic heterocycles. The molecule has 1 aromatic rings. The van der Waals surface area contributed by atoms with E-state index in [1.54, 1.807) is 0 Å². The number of halogens is 6. The third kappa shape index (κ3) is 2.88. The Kier molecular flexibility index (Phi) is 3.71. The van der Waals surface area contributed by atoms with Gasteiger partial charge in [0.05, 0.1) is 11.1 Å². The molecule has 0 saturated carbocycles. The Labute approximate surface area is 99.0 Å². The molecule has 96 valence electrons. The molecule has 1 rings (SSSR count). The summed E-state index contributed by atoms with van der Waals surface area (Å²) in [7, 11) is 0. The third-order valence-corrected chi connectivity index (χ3v) is 2.61. The minimum Gasteiger partial charge on any atom is -0.166 e. The van der Waals surface area contributed by atoms with Crippen molar-refractivity contribution in [3.8, 4) is 0 Å². The molecule has 0 saturated heterocycles. The largest absolute Gasteiger partial charge is 0.417 e. The van der Waals surface area contributed by atoms with Crippen molar-refractivity contribution in [3.63, 3.8) is 0 Å². The summed E-state index contributed by atoms with van der Waals surface area (Å²) in [6, 6.07) is 1.34. The molecule has 0 radical (unpaired) electrons. The van der Waals surface area contributed by atoms with Crippen LogP contribution in [0.15, 0.2) is 17.0 Å². The number of thiol groups is 1. The maximum Gasteiger partial charge on any atom is 0.417 e. The Hall–Kier alpha value is -0.850. The maximum atomic E-state index is 12.6. The summed E-state index contributed by atoms with van der Waals surface area (Å²) in [5, 5.41) is 0. The summed E-state index contributed by atoms with van der Waals surface area (Å²) in [6.07, 6.45) is -10.0. The predicted octanol–water partition coefficient (Wildman–Crippen LogP) is 4.58. The Bertz CT molecular complexity index is 418. The van der Waals surface area contributed by atoms with Crippen LogP contribution in [0.3, 0.4) is 0 Å². The van der Waals surface area contributed by atoms with E-state index >= 15 is 0 Å². The van der Waals surface area contributed by atoms with Gasteiger partial charge in [0.2, 0.25) is 0 Å². The zero-order valence-electron chi connectivity index (χ0n) is 8.58. The van der Waals surface area contributed by atoms with Crippen molar-refractivity contribution in [3.05, 3.63) is 28.8 Å². The van der Waals surface area contributed by atoms with Crippen molar-refractivity contribution in [2.24, 2.45) is 0 Å². The molecular weight excluding hydrogens is 266 g/mol. The highest BCUT2D eigenvalue weighted by molar-refractivity contribution is 7.80. The monoisotopic (exact) mass is 274 g/mol. The van der Waals surface area contributed by atoms with E-state index in [1.807, 2.05) is 0 Å². The van der Waals surface area contributed by atoms with Crippen molar-refractivity contribution in [1.82, 2.24) is 0 Å². The minimum atomic E-state index is -4.84. The van der Waals surface area contributed by atoms with E-state index < -0.39 is 33.9 Å². The van der Waals surface area contributed by atoms with E-state index in [-0.39, 0.29) is 6.42 Å². The number of hydrogen-bond donors (Lipinski definition) is 1. The third-order valence-electron chi connectivity index (χ3n) is 2.23. The van der Waals surface area contributed by atoms with Crippen molar-refractivity contribution in [2.45, 2.75) is 30.6 Å². The van der Waals surface area contributed by atoms with Crippen molar-refractivity contribution in [1.29, 1.82) is 0 Å². The summed E-state index contributed by atoms with van der Waals surface area (Å²) in [6.45, 7) is 1.24. The van der Waals surface area contributed by atoms with Crippen LogP contribution in [-0.2, 0) is 18.8 Å². The summed E-state index contributed by atoms with van der Waals surface area (Å²) in [5.41, 5.74) is -3.33. The molecule has 0 atom stereocenters. The lowest BCUT2D eigenvalue weighted by molar-refractivity contribution is -0.145. The van der Waals surface area contributed by atoms with Gasteiger partial charge in [-0.05, 0) is 24.1 Å². The van der Waals surface area contributed by atoms with E-state index in [1.165, 1.54) is 6.92 Å². The highest BCUT2D eigenvalue weighted by Crippen LogP contribution is 2.42. The van der Waals surface area contributed by atoms with Crippen molar-refractivity contribution < 1.29 is 26.3 Å². The average Bonchev–Trinajstić information content (AvgIpc) is 2.12. The average molecular weight is 274 g/mol. The van der Waals surface area contributed by atoms with Crippen LogP contribution in [0.4, 0.5) is 26.3 Å². The van der Waals surface area contributed by atoms with Gasteiger partial charge in [0, 0.05) is 4.90 Å². The molecule has 17 heavy (non-hydrogen) atoms. The minimum absolute atomic E-state index is 0.363. The first-order valence-electron chi connectivity index (χ1n) is 4.58. The number of hydrogen-bond acceptors (Lipinski definition) is 1. The molecule has 0 nitrogen and oxygen atoms in total. The molecule has 0 fully saturated rings. The summed E-state index contributed by atoms with van der Waals surface area (Å²) in [4.78, 5) is -0.498. The molecule has 0 amide bonds. The van der Waals surface area contributed by atoms with Crippen LogP contribution in [-0.4, -0.2) is 0 Å². The number of alkyl halides is 6. The SMILES string of the molecule is CCc1c(C(F)(F)F)ccc(S)c1C(F)(F)F. The fourth-order valence-corrected chi connectivity index (χ4v) is 1.92. The van der Waals surface area contributed by atoms with Gasteiger partial charge >= 0.3 is 12.4 Å². The number of rotatable bonds is 1. The van der Waals surface area contributed by atoms with Crippen LogP contribution in [0.2, 0.25) is 0 Å². The van der Waals surface area contributed by atoms with E-state index in [4.69, 9.17) is 0 Å². The van der Waals surface area contributed by atoms with E-state index in [0.717, 1.165) is 0 Å². The van der Waals surface area contributed by atoms with Crippen LogP contribution in [0.25, 0.3) is 0 Å². The molecule has 0 bridgehead atoms. The van der Waals surface area contributed by atoms with Crippen LogP contribution >= 0.6 is 12.6 Å². The second-order valence-corrected chi connectivity index (χ2v) is 3.82. The van der Waals surface area contributed by atoms with Crippen LogP contribution in [0, 0.1) is 0 Å². The van der Waals surface area contributed by atoms with Gasteiger partial charge in [0.1, 0.15) is 0 Å². The number of benzene rings is 1. The Morgan fingerprint density at radius 3 is 1.88 bits per heavy atom. The summed E-state index contributed by atoms with van der Waals surface area (Å²) in [5.74, 6) is 0. The smallest absolute Gasteiger partial charge is 0.166 e. The second-order valence-electron chi connectivity index (χ2n) is 3.33. The van der Waals surface area contributed by atoms with Gasteiger partial charge < -0.3 is 0 Å². The molecule has 0 unspecified atom stereocenters. The van der Waals surface area contributed by atoms with Gasteiger partial charge in [-0.2, -0.15) is 26.3 Å². The molecule has 0 heterocycles. The van der Waals surface area contributed by atoms with Crippen molar-refractivity contribution in [2.75, 3.05) is 0 Å². The van der Waals surface area contributed by atoms with Crippen molar-refractivity contribution >= 4 is 12.6 Å². The normalized spacial score (nSPS) is 12.9. The van der Waals surface area contributed by atoms with Crippen LogP contribution in [0.5, 0.6) is 0 Å². The Morgan fingerprint density at radius 1 is 1.00 bits per heavy atom. The Balaban J connectivity index is 3.60. The molecule has 7 heteroatoms. The molecule has 0 aliphatic heterocycles. The van der Waals surface area contributed by atoms with Gasteiger partial charge in [0.15, 0.2) is 0 Å². The zero-order valence-corrected chi connectivity index (χ0v) is 9.47. The van der Waals surface area contributed by atoms with Gasteiger partial charge in [-0.15, -0.1) is 12.6 Å². The summed E-state index contributed by atoms with van der Waals surface area (Å²) < 4.78 is 75.6. The molecule has 0 spiro atoms. The van der Waals surface area contributed by atoms with E-state index in [2.05, 4.69) is 12.6 Å². The lowest BCUT2D eigenvalue weighted by atomic mass is 9.98. The first-order valence-corrected chi connectivity index (χ1v) is 5.03. The molecule has 0 N–H and O–H groups in total. The maximum absolute atomic E-state index is 12.6. The molecular formula is C10H8F6S. The zero-order chi connectivity index (χ0) is 13.4. The highest BCUT2D eigenvalue weighted by Gasteiger charge is 2.41. The predicted molar refractivity (Wildman–Crippen MR) is 53.1 cm³/mol. The van der Waals surface area contributed by atoms with E-state index in [9.17, 15) is 26.3 Å². The summed E-state index contributed by atoms with van der Waals surface area (Å²) >= 11 is 3.57. The fourth-order valence-electron chi connectivity index (χ4n) is 1.58. The Morgan fingerprint density at radius 2 is 1.53 bits per heavy atom. The fraction of sp³-hybridized carbons (Fsp3) is 0.400. The topological polar surface area (TPSA) is 0 Å². The second kappa shape index (κ2) is 4.44. The van der Waals surface area contributed by atoms with Gasteiger partial charge in [-0.25, -0.2) is 0 Å². The van der Waals surface area contributed by atoms with Crippen LogP contribution in [0.1, 0.15) is 23.6 Å². The molecule has 0 aliphatic carbocycles. The van der Waals surface area contributed by atoms with Gasteiger partial charge in [-0.3, -0.25) is 0 Å².